The second-order valence-electron chi connectivity index (χ2n) is 19.9. The minimum Gasteiger partial charge on any atom is -0.488 e. The van der Waals surface area contributed by atoms with Gasteiger partial charge in [0.15, 0.2) is 0 Å². The number of likely N-dealkylation sites (tertiary alicyclic amines) is 1. The molecule has 5 aromatic rings. The Morgan fingerprint density at radius 2 is 1.74 bits per heavy atom. The van der Waals surface area contributed by atoms with E-state index in [1.165, 1.54) is 14.2 Å². The number of aromatic amines is 2. The number of benzene rings is 3. The number of nitrogens with one attached hydrogen (secondary N) is 4. The lowest BCUT2D eigenvalue weighted by molar-refractivity contribution is -0.152. The number of fused-ring (bicyclic) bond motifs is 6. The minimum absolute atomic E-state index is 0.000922. The van der Waals surface area contributed by atoms with Gasteiger partial charge in [0.05, 0.1) is 60.4 Å². The van der Waals surface area contributed by atoms with Gasteiger partial charge in [0.2, 0.25) is 18.2 Å². The van der Waals surface area contributed by atoms with E-state index >= 15 is 0 Å². The third-order valence-electron chi connectivity index (χ3n) is 16.0. The van der Waals surface area contributed by atoms with Crippen molar-refractivity contribution >= 4 is 39.7 Å². The molecule has 3 aromatic carbocycles. The summed E-state index contributed by atoms with van der Waals surface area (Å²) in [6.45, 7) is 8.61. The number of aliphatic hydroxyl groups is 1. The molecule has 3 unspecified atom stereocenters. The molecule has 2 aromatic heterocycles. The fourth-order valence-corrected chi connectivity index (χ4v) is 13.0. The van der Waals surface area contributed by atoms with Crippen LogP contribution in [0.4, 0.5) is 4.79 Å². The number of aromatic nitrogens is 4. The van der Waals surface area contributed by atoms with E-state index in [-0.39, 0.29) is 60.0 Å². The van der Waals surface area contributed by atoms with Gasteiger partial charge in [0.1, 0.15) is 30.0 Å². The molecule has 4 saturated heterocycles. The molecule has 3 amide bonds. The van der Waals surface area contributed by atoms with Crippen molar-refractivity contribution in [2.45, 2.75) is 134 Å². The lowest BCUT2D eigenvalue weighted by atomic mass is 9.78. The Morgan fingerprint density at radius 3 is 2.53 bits per heavy atom. The SMILES string of the molecule is COC(=O)N[C@@H]1C(=O)N2[C@H](c3nc4ccc5cc6c(cc5c4[nH]3)OCc3cc(-c4cnc([C@@H]5CC[C@H](C)N5C(=O)[C@@H](NC(O)OC)C5C[C@@H](C)O[C@H](C)C5)[nH]4)ccc3-6)C[C@@H]3CCC(C1C)[C@@H]32. The average molecular weight is 901 g/mol. The lowest BCUT2D eigenvalue weighted by Crippen LogP contribution is -2.61. The van der Waals surface area contributed by atoms with Gasteiger partial charge in [-0.1, -0.05) is 25.1 Å². The van der Waals surface area contributed by atoms with E-state index in [0.29, 0.717) is 31.3 Å². The molecule has 1 aliphatic carbocycles. The maximum atomic E-state index is 14.5. The normalized spacial score (nSPS) is 31.1. The summed E-state index contributed by atoms with van der Waals surface area (Å²) in [7, 11) is 2.74. The van der Waals surface area contributed by atoms with Gasteiger partial charge in [0, 0.05) is 30.1 Å². The van der Waals surface area contributed by atoms with Crippen LogP contribution < -0.4 is 15.4 Å². The topological polar surface area (TPSA) is 196 Å². The Morgan fingerprint density at radius 1 is 0.924 bits per heavy atom. The standard InChI is InChI=1S/C50H60N8O8/c1-23-7-14-38(57(23)48(60)42(56-50(62)64-6)30-15-24(2)66-25(3)16-30)45-51-21-37(53-45)28-8-12-33-31(17-28)22-65-40-20-34-27(18-35(33)40)10-13-36-43(34)54-46(52-36)39-19-29-9-11-32-26(4)41(55-49(61)63-5)47(59)58(39)44(29)32/h8,10,12-13,17-18,20-21,23-26,29-30,32,38-39,41-42,44,50,56,62H,7,9,11,14-16,19,22H2,1-6H3,(H,51,53)(H,52,54)(H,55,61)/t23-,24+,25+,26?,29-,32?,38-,39-,41-,42-,44+,50?/m0/s1. The van der Waals surface area contributed by atoms with Crippen LogP contribution in [-0.2, 0) is 30.4 Å². The molecule has 11 rings (SSSR count). The van der Waals surface area contributed by atoms with E-state index in [4.69, 9.17) is 28.9 Å². The van der Waals surface area contributed by atoms with Crippen LogP contribution in [0, 0.1) is 23.7 Å². The van der Waals surface area contributed by atoms with E-state index in [0.717, 1.165) is 99.3 Å². The molecule has 12 atom stereocenters. The lowest BCUT2D eigenvalue weighted by Gasteiger charge is -2.45. The molecule has 5 fully saturated rings. The zero-order chi connectivity index (χ0) is 45.7. The van der Waals surface area contributed by atoms with Crippen molar-refractivity contribution in [1.82, 2.24) is 40.4 Å². The van der Waals surface area contributed by atoms with Crippen molar-refractivity contribution < 1.29 is 38.4 Å². The zero-order valence-electron chi connectivity index (χ0n) is 38.4. The van der Waals surface area contributed by atoms with Crippen molar-refractivity contribution in [2.24, 2.45) is 23.7 Å². The number of alkyl carbamates (subject to hydrolysis) is 1. The van der Waals surface area contributed by atoms with E-state index in [1.807, 2.05) is 35.9 Å². The number of hydrogen-bond acceptors (Lipinski definition) is 11. The van der Waals surface area contributed by atoms with E-state index in [2.05, 4.69) is 70.8 Å². The van der Waals surface area contributed by atoms with Gasteiger partial charge in [0.25, 0.3) is 0 Å². The van der Waals surface area contributed by atoms with E-state index in [9.17, 15) is 19.5 Å². The number of amides is 3. The van der Waals surface area contributed by atoms with Crippen LogP contribution >= 0.6 is 0 Å². The maximum absolute atomic E-state index is 14.5. The Bertz CT molecular complexity index is 2710. The van der Waals surface area contributed by atoms with Crippen LogP contribution in [-0.4, -0.2) is 110 Å². The largest absolute Gasteiger partial charge is 0.488 e. The van der Waals surface area contributed by atoms with Crippen molar-refractivity contribution in [1.29, 1.82) is 0 Å². The molecular weight excluding hydrogens is 841 g/mol. The summed E-state index contributed by atoms with van der Waals surface area (Å²) in [6, 6.07) is 13.2. The molecule has 66 heavy (non-hydrogen) atoms. The monoisotopic (exact) mass is 900 g/mol. The first kappa shape index (κ1) is 43.0. The van der Waals surface area contributed by atoms with Crippen molar-refractivity contribution in [3.05, 3.63) is 65.9 Å². The van der Waals surface area contributed by atoms with E-state index < -0.39 is 24.6 Å². The molecule has 0 bridgehead atoms. The number of rotatable bonds is 9. The van der Waals surface area contributed by atoms with Gasteiger partial charge >= 0.3 is 6.09 Å². The Labute approximate surface area is 383 Å². The highest BCUT2D eigenvalue weighted by atomic mass is 16.6. The number of carbonyl (C=O) groups excluding carboxylic acids is 3. The maximum Gasteiger partial charge on any atom is 0.407 e. The number of piperidine rings is 1. The van der Waals surface area contributed by atoms with Gasteiger partial charge in [-0.3, -0.25) is 14.9 Å². The summed E-state index contributed by atoms with van der Waals surface area (Å²) in [5.74, 6) is 2.87. The van der Waals surface area contributed by atoms with Gasteiger partial charge in [-0.05, 0) is 136 Å². The Hall–Kier alpha value is -5.55. The highest BCUT2D eigenvalue weighted by molar-refractivity contribution is 6.07. The first-order valence-corrected chi connectivity index (χ1v) is 23.8. The van der Waals surface area contributed by atoms with Crippen LogP contribution in [0.2, 0.25) is 0 Å². The quantitative estimate of drug-likeness (QED) is 0.0972. The molecule has 0 spiro atoms. The molecule has 1 saturated carbocycles. The smallest absolute Gasteiger partial charge is 0.407 e. The molecule has 5 aliphatic heterocycles. The second-order valence-corrected chi connectivity index (χ2v) is 19.9. The Kier molecular flexibility index (Phi) is 10.9. The third-order valence-corrected chi connectivity index (χ3v) is 16.0. The van der Waals surface area contributed by atoms with Crippen LogP contribution in [0.25, 0.3) is 44.2 Å². The third kappa shape index (κ3) is 7.13. The first-order chi connectivity index (χ1) is 31.9. The van der Waals surface area contributed by atoms with Crippen LogP contribution in [0.5, 0.6) is 5.75 Å². The predicted molar refractivity (Wildman–Crippen MR) is 245 cm³/mol. The number of methoxy groups -OCH3 is 2. The number of carbonyl (C=O) groups is 3. The number of imidazole rings is 2. The van der Waals surface area contributed by atoms with Crippen molar-refractivity contribution in [3.8, 4) is 28.1 Å². The molecule has 348 valence electrons. The van der Waals surface area contributed by atoms with Gasteiger partial charge in [-0.25, -0.2) is 14.8 Å². The number of H-pyrrole nitrogens is 2. The number of nitrogens with zero attached hydrogens (tertiary/aromatic N) is 4. The summed E-state index contributed by atoms with van der Waals surface area (Å²) in [5.41, 5.74) is 6.73. The molecular formula is C50H60N8O8. The summed E-state index contributed by atoms with van der Waals surface area (Å²) < 4.78 is 22.6. The molecule has 0 radical (unpaired) electrons. The van der Waals surface area contributed by atoms with Crippen LogP contribution in [0.1, 0.15) is 102 Å². The van der Waals surface area contributed by atoms with Crippen LogP contribution in [0.3, 0.4) is 0 Å². The first-order valence-electron chi connectivity index (χ1n) is 23.8. The van der Waals surface area contributed by atoms with Crippen molar-refractivity contribution in [3.63, 3.8) is 0 Å². The molecule has 16 heteroatoms. The highest BCUT2D eigenvalue weighted by Crippen LogP contribution is 2.55. The van der Waals surface area contributed by atoms with E-state index in [1.54, 1.807) is 0 Å². The average Bonchev–Trinajstić information content (AvgIpc) is 4.16. The highest BCUT2D eigenvalue weighted by Gasteiger charge is 2.59. The van der Waals surface area contributed by atoms with Crippen molar-refractivity contribution in [2.75, 3.05) is 14.2 Å². The van der Waals surface area contributed by atoms with Gasteiger partial charge < -0.3 is 49.1 Å². The van der Waals surface area contributed by atoms with Gasteiger partial charge in [-0.15, -0.1) is 0 Å². The molecule has 5 N–H and O–H groups in total. The summed E-state index contributed by atoms with van der Waals surface area (Å²) in [4.78, 5) is 62.2. The fourth-order valence-electron chi connectivity index (χ4n) is 13.0. The summed E-state index contributed by atoms with van der Waals surface area (Å²) >= 11 is 0. The molecule has 6 aliphatic rings. The number of hydrogen-bond donors (Lipinski definition) is 5. The second kappa shape index (κ2) is 16.6. The summed E-state index contributed by atoms with van der Waals surface area (Å²) in [5, 5.41) is 18.5. The summed E-state index contributed by atoms with van der Waals surface area (Å²) in [6.07, 6.45) is 5.93. The number of aliphatic hydroxyl groups excluding tert-OH is 1. The zero-order valence-corrected chi connectivity index (χ0v) is 38.4. The minimum atomic E-state index is -1.27. The predicted octanol–water partition coefficient (Wildman–Crippen LogP) is 6.84. The van der Waals surface area contributed by atoms with Crippen LogP contribution in [0.15, 0.2) is 48.7 Å². The number of ether oxygens (including phenoxy) is 4. The Balaban J connectivity index is 0.846. The van der Waals surface area contributed by atoms with Gasteiger partial charge in [-0.2, -0.15) is 0 Å². The fraction of sp³-hybridized carbons (Fsp3) is 0.540. The molecule has 7 heterocycles. The molecule has 16 nitrogen and oxygen atoms in total.